The van der Waals surface area contributed by atoms with Crippen LogP contribution in [0.4, 0.5) is 0 Å². The zero-order chi connectivity index (χ0) is 11.1. The highest BCUT2D eigenvalue weighted by Crippen LogP contribution is 2.58. The molecule has 2 aliphatic carbocycles. The number of hydrogen-bond acceptors (Lipinski definition) is 0. The first-order chi connectivity index (χ1) is 7.04. The van der Waals surface area contributed by atoms with Crippen molar-refractivity contribution >= 4 is 0 Å². The Hall–Kier alpha value is -0.520. The molecule has 1 fully saturated rings. The molecular weight excluding hydrogens is 180 g/mol. The van der Waals surface area contributed by atoms with E-state index in [0.29, 0.717) is 5.41 Å². The first kappa shape index (κ1) is 11.0. The lowest BCUT2D eigenvalue weighted by atomic mass is 9.50. The highest BCUT2D eigenvalue weighted by Gasteiger charge is 2.49. The van der Waals surface area contributed by atoms with E-state index in [9.17, 15) is 0 Å². The van der Waals surface area contributed by atoms with Gasteiger partial charge in [-0.2, -0.15) is 0 Å². The fourth-order valence-electron chi connectivity index (χ4n) is 3.38. The summed E-state index contributed by atoms with van der Waals surface area (Å²) in [6, 6.07) is 0. The molecule has 0 spiro atoms. The summed E-state index contributed by atoms with van der Waals surface area (Å²) in [4.78, 5) is 0. The van der Waals surface area contributed by atoms with E-state index in [1.807, 2.05) is 0 Å². The molecule has 0 amide bonds. The van der Waals surface area contributed by atoms with Gasteiger partial charge in [0.2, 0.25) is 0 Å². The maximum absolute atomic E-state index is 4.32. The molecule has 0 aliphatic heterocycles. The van der Waals surface area contributed by atoms with Gasteiger partial charge in [0.05, 0.1) is 0 Å². The van der Waals surface area contributed by atoms with Crippen LogP contribution in [0.1, 0.15) is 52.9 Å². The van der Waals surface area contributed by atoms with Crippen LogP contribution in [0.2, 0.25) is 0 Å². The highest BCUT2D eigenvalue weighted by atomic mass is 14.5. The second-order valence-corrected chi connectivity index (χ2v) is 5.94. The molecule has 15 heavy (non-hydrogen) atoms. The van der Waals surface area contributed by atoms with E-state index in [-0.39, 0.29) is 0 Å². The zero-order valence-corrected chi connectivity index (χ0v) is 10.5. The van der Waals surface area contributed by atoms with Gasteiger partial charge in [0.25, 0.3) is 0 Å². The van der Waals surface area contributed by atoms with Crippen LogP contribution in [0.25, 0.3) is 0 Å². The van der Waals surface area contributed by atoms with Crippen LogP contribution in [0.5, 0.6) is 0 Å². The minimum atomic E-state index is 0.552. The Morgan fingerprint density at radius 1 is 1.40 bits per heavy atom. The van der Waals surface area contributed by atoms with Crippen molar-refractivity contribution in [1.82, 2.24) is 0 Å². The van der Waals surface area contributed by atoms with Gasteiger partial charge >= 0.3 is 0 Å². The normalized spacial score (nSPS) is 41.8. The molecule has 3 atom stereocenters. The van der Waals surface area contributed by atoms with E-state index < -0.39 is 0 Å². The summed E-state index contributed by atoms with van der Waals surface area (Å²) in [5, 5.41) is 0. The second kappa shape index (κ2) is 3.81. The molecule has 0 nitrogen and oxygen atoms in total. The molecule has 0 N–H and O–H groups in total. The van der Waals surface area contributed by atoms with Crippen molar-refractivity contribution < 1.29 is 0 Å². The fraction of sp³-hybridized carbons (Fsp3) is 0.733. The third-order valence-electron chi connectivity index (χ3n) is 5.02. The summed E-state index contributed by atoms with van der Waals surface area (Å²) in [6.45, 7) is 11.5. The van der Waals surface area contributed by atoms with Crippen LogP contribution in [0.3, 0.4) is 0 Å². The summed E-state index contributed by atoms with van der Waals surface area (Å²) in [6.07, 6.45) is 8.89. The molecule has 1 saturated carbocycles. The quantitative estimate of drug-likeness (QED) is 0.501. The molecule has 0 aromatic rings. The smallest absolute Gasteiger partial charge is 0.0146 e. The molecule has 2 aliphatic rings. The van der Waals surface area contributed by atoms with Crippen molar-refractivity contribution in [3.8, 4) is 0 Å². The maximum Gasteiger partial charge on any atom is -0.0146 e. The van der Waals surface area contributed by atoms with Crippen LogP contribution in [0.15, 0.2) is 23.8 Å². The standard InChI is InChI=1S/C15H24/c1-11-6-5-7-12(2)14-10-13(3)15(14,4)9-8-11/h6,13-14H,2,5,7-10H2,1,3-4H3. The summed E-state index contributed by atoms with van der Waals surface area (Å²) >= 11 is 0. The molecule has 0 aromatic heterocycles. The van der Waals surface area contributed by atoms with Crippen LogP contribution >= 0.6 is 0 Å². The Kier molecular flexibility index (Phi) is 2.79. The van der Waals surface area contributed by atoms with Gasteiger partial charge in [-0.05, 0) is 56.3 Å². The summed E-state index contributed by atoms with van der Waals surface area (Å²) < 4.78 is 0. The molecular formula is C15H24. The predicted molar refractivity (Wildman–Crippen MR) is 66.7 cm³/mol. The van der Waals surface area contributed by atoms with Crippen LogP contribution in [0, 0.1) is 17.3 Å². The van der Waals surface area contributed by atoms with Crippen molar-refractivity contribution in [3.63, 3.8) is 0 Å². The third-order valence-corrected chi connectivity index (χ3v) is 5.02. The second-order valence-electron chi connectivity index (χ2n) is 5.94. The van der Waals surface area contributed by atoms with Crippen molar-refractivity contribution in [2.45, 2.75) is 52.9 Å². The van der Waals surface area contributed by atoms with E-state index in [4.69, 9.17) is 0 Å². The molecule has 0 radical (unpaired) electrons. The number of hydrogen-bond donors (Lipinski definition) is 0. The Bertz CT molecular complexity index is 297. The van der Waals surface area contributed by atoms with Gasteiger partial charge in [-0.15, -0.1) is 0 Å². The van der Waals surface area contributed by atoms with Crippen molar-refractivity contribution in [1.29, 1.82) is 0 Å². The van der Waals surface area contributed by atoms with E-state index in [1.165, 1.54) is 37.7 Å². The van der Waals surface area contributed by atoms with Gasteiger partial charge in [-0.25, -0.2) is 0 Å². The Balaban J connectivity index is 2.18. The topological polar surface area (TPSA) is 0 Å². The first-order valence-corrected chi connectivity index (χ1v) is 6.37. The number of allylic oxidation sites excluding steroid dienone is 3. The van der Waals surface area contributed by atoms with Crippen molar-refractivity contribution in [3.05, 3.63) is 23.8 Å². The molecule has 2 rings (SSSR count). The van der Waals surface area contributed by atoms with E-state index >= 15 is 0 Å². The number of rotatable bonds is 0. The van der Waals surface area contributed by atoms with Crippen LogP contribution < -0.4 is 0 Å². The summed E-state index contributed by atoms with van der Waals surface area (Å²) in [5.41, 5.74) is 3.65. The highest BCUT2D eigenvalue weighted by molar-refractivity contribution is 5.17. The minimum absolute atomic E-state index is 0.552. The summed E-state index contributed by atoms with van der Waals surface area (Å²) in [5.74, 6) is 1.71. The monoisotopic (exact) mass is 204 g/mol. The van der Waals surface area contributed by atoms with E-state index in [1.54, 1.807) is 5.57 Å². The van der Waals surface area contributed by atoms with Crippen molar-refractivity contribution in [2.24, 2.45) is 17.3 Å². The van der Waals surface area contributed by atoms with Gasteiger partial charge in [0.1, 0.15) is 0 Å². The van der Waals surface area contributed by atoms with Crippen LogP contribution in [-0.4, -0.2) is 0 Å². The number of fused-ring (bicyclic) bond motifs is 1. The fourth-order valence-corrected chi connectivity index (χ4v) is 3.38. The largest absolute Gasteiger partial charge is 0.0995 e. The maximum atomic E-state index is 4.32. The molecule has 0 aromatic carbocycles. The van der Waals surface area contributed by atoms with Gasteiger partial charge in [-0.3, -0.25) is 0 Å². The predicted octanol–water partition coefficient (Wildman–Crippen LogP) is 4.73. The molecule has 0 heteroatoms. The zero-order valence-electron chi connectivity index (χ0n) is 10.5. The van der Waals surface area contributed by atoms with Crippen molar-refractivity contribution in [2.75, 3.05) is 0 Å². The lowest BCUT2D eigenvalue weighted by molar-refractivity contribution is -0.0111. The first-order valence-electron chi connectivity index (χ1n) is 6.37. The lowest BCUT2D eigenvalue weighted by Crippen LogP contribution is -2.46. The van der Waals surface area contributed by atoms with Gasteiger partial charge in [-0.1, -0.05) is 37.6 Å². The van der Waals surface area contributed by atoms with Gasteiger partial charge in [0, 0.05) is 0 Å². The average Bonchev–Trinajstić information content (AvgIpc) is 2.24. The molecule has 0 heterocycles. The molecule has 3 unspecified atom stereocenters. The minimum Gasteiger partial charge on any atom is -0.0995 e. The Labute approximate surface area is 94.5 Å². The lowest BCUT2D eigenvalue weighted by Gasteiger charge is -2.54. The SMILES string of the molecule is C=C1CCC=C(C)CCC2(C)C(C)CC12. The van der Waals surface area contributed by atoms with Gasteiger partial charge < -0.3 is 0 Å². The molecule has 84 valence electrons. The average molecular weight is 204 g/mol. The molecule has 0 saturated heterocycles. The summed E-state index contributed by atoms with van der Waals surface area (Å²) in [7, 11) is 0. The van der Waals surface area contributed by atoms with Crippen LogP contribution in [-0.2, 0) is 0 Å². The Morgan fingerprint density at radius 2 is 2.13 bits per heavy atom. The Morgan fingerprint density at radius 3 is 2.80 bits per heavy atom. The van der Waals surface area contributed by atoms with E-state index in [2.05, 4.69) is 33.4 Å². The molecule has 0 bridgehead atoms. The third kappa shape index (κ3) is 1.79. The van der Waals surface area contributed by atoms with E-state index in [0.717, 1.165) is 11.8 Å². The van der Waals surface area contributed by atoms with Gasteiger partial charge in [0.15, 0.2) is 0 Å².